The molecule has 1 amide bonds. The second kappa shape index (κ2) is 11.8. The van der Waals surface area contributed by atoms with Crippen LogP contribution in [0.5, 0.6) is 5.75 Å². The molecule has 0 bridgehead atoms. The van der Waals surface area contributed by atoms with Gasteiger partial charge in [-0.25, -0.2) is 4.99 Å². The predicted molar refractivity (Wildman–Crippen MR) is 148 cm³/mol. The molecule has 1 aliphatic rings. The third-order valence-electron chi connectivity index (χ3n) is 5.45. The van der Waals surface area contributed by atoms with E-state index >= 15 is 0 Å². The summed E-state index contributed by atoms with van der Waals surface area (Å²) in [5.41, 5.74) is 3.88. The Morgan fingerprint density at radius 2 is 1.74 bits per heavy atom. The van der Waals surface area contributed by atoms with E-state index in [0.717, 1.165) is 40.6 Å². The summed E-state index contributed by atoms with van der Waals surface area (Å²) in [7, 11) is 0. The molecule has 35 heavy (non-hydrogen) atoms. The summed E-state index contributed by atoms with van der Waals surface area (Å²) >= 11 is 13.5. The number of hydrogen-bond donors (Lipinski definition) is 0. The molecule has 1 fully saturated rings. The number of nitrogens with zero attached hydrogens (tertiary/aromatic N) is 2. The Morgan fingerprint density at radius 3 is 2.43 bits per heavy atom. The number of aryl methyl sites for hydroxylation is 1. The van der Waals surface area contributed by atoms with Crippen LogP contribution in [0.1, 0.15) is 36.5 Å². The average molecular weight is 526 g/mol. The van der Waals surface area contributed by atoms with Crippen molar-refractivity contribution in [3.05, 3.63) is 98.4 Å². The Kier molecular flexibility index (Phi) is 8.55. The number of ether oxygens (including phenoxy) is 1. The van der Waals surface area contributed by atoms with Crippen molar-refractivity contribution in [2.45, 2.75) is 33.3 Å². The van der Waals surface area contributed by atoms with Crippen LogP contribution in [0, 0.1) is 6.92 Å². The summed E-state index contributed by atoms with van der Waals surface area (Å²) in [4.78, 5) is 20.4. The minimum Gasteiger partial charge on any atom is -0.489 e. The van der Waals surface area contributed by atoms with Crippen LogP contribution >= 0.6 is 35.0 Å². The molecule has 1 aliphatic heterocycles. The van der Waals surface area contributed by atoms with Crippen LogP contribution in [-0.4, -0.2) is 22.5 Å². The lowest BCUT2D eigenvalue weighted by molar-refractivity contribution is -0.122. The highest BCUT2D eigenvalue weighted by Crippen LogP contribution is 2.34. The number of unbranched alkanes of at least 4 members (excludes halogenated alkanes) is 1. The molecule has 0 atom stereocenters. The van der Waals surface area contributed by atoms with E-state index in [4.69, 9.17) is 32.9 Å². The number of aliphatic imine (C=N–C) groups is 1. The Hall–Kier alpha value is -2.73. The van der Waals surface area contributed by atoms with Gasteiger partial charge in [0.2, 0.25) is 0 Å². The van der Waals surface area contributed by atoms with Gasteiger partial charge in [-0.05, 0) is 78.7 Å². The predicted octanol–water partition coefficient (Wildman–Crippen LogP) is 8.28. The molecule has 0 N–H and O–H groups in total. The van der Waals surface area contributed by atoms with Crippen LogP contribution < -0.4 is 4.74 Å². The van der Waals surface area contributed by atoms with Gasteiger partial charge in [0.05, 0.1) is 20.6 Å². The first-order chi connectivity index (χ1) is 16.9. The van der Waals surface area contributed by atoms with Gasteiger partial charge in [0, 0.05) is 6.54 Å². The van der Waals surface area contributed by atoms with Crippen molar-refractivity contribution in [1.82, 2.24) is 4.90 Å². The highest BCUT2D eigenvalue weighted by atomic mass is 35.5. The molecule has 0 spiro atoms. The molecule has 0 saturated carbocycles. The monoisotopic (exact) mass is 524 g/mol. The highest BCUT2D eigenvalue weighted by Gasteiger charge is 2.32. The number of carbonyl (C=O) groups excluding carboxylic acids is 1. The molecular weight excluding hydrogens is 499 g/mol. The molecule has 4 rings (SSSR count). The molecule has 0 aromatic heterocycles. The van der Waals surface area contributed by atoms with Gasteiger partial charge in [-0.1, -0.05) is 72.4 Å². The number of halogens is 2. The summed E-state index contributed by atoms with van der Waals surface area (Å²) < 4.78 is 5.86. The number of amidine groups is 1. The van der Waals surface area contributed by atoms with Crippen molar-refractivity contribution < 1.29 is 9.53 Å². The Morgan fingerprint density at radius 1 is 1.00 bits per heavy atom. The summed E-state index contributed by atoms with van der Waals surface area (Å²) in [5, 5.41) is 1.75. The molecule has 7 heteroatoms. The standard InChI is InChI=1S/C28H26Cl2N2O2S/c1-3-4-15-32-27(33)26(35-28(32)31-22-10-5-19(2)6-11-22)17-20-7-12-23(13-8-20)34-18-21-9-14-24(29)25(30)16-21/h5-14,16-17H,3-4,15,18H2,1-2H3/b26-17+,31-28?. The average Bonchev–Trinajstić information content (AvgIpc) is 3.14. The van der Waals surface area contributed by atoms with Crippen molar-refractivity contribution in [2.75, 3.05) is 6.54 Å². The number of hydrogen-bond acceptors (Lipinski definition) is 4. The molecule has 1 heterocycles. The third-order valence-corrected chi connectivity index (χ3v) is 7.20. The lowest BCUT2D eigenvalue weighted by Gasteiger charge is -2.14. The first-order valence-electron chi connectivity index (χ1n) is 11.5. The van der Waals surface area contributed by atoms with Gasteiger partial charge in [0.15, 0.2) is 5.17 Å². The quantitative estimate of drug-likeness (QED) is 0.278. The van der Waals surface area contributed by atoms with Crippen molar-refractivity contribution in [3.8, 4) is 5.75 Å². The molecule has 0 aliphatic carbocycles. The van der Waals surface area contributed by atoms with E-state index in [1.807, 2.05) is 67.6 Å². The van der Waals surface area contributed by atoms with E-state index in [9.17, 15) is 4.79 Å². The minimum absolute atomic E-state index is 0.00532. The Bertz CT molecular complexity index is 1250. The van der Waals surface area contributed by atoms with Crippen LogP contribution in [0.3, 0.4) is 0 Å². The van der Waals surface area contributed by atoms with E-state index in [2.05, 4.69) is 6.92 Å². The second-order valence-electron chi connectivity index (χ2n) is 8.26. The van der Waals surface area contributed by atoms with Crippen molar-refractivity contribution in [3.63, 3.8) is 0 Å². The fourth-order valence-electron chi connectivity index (χ4n) is 3.44. The highest BCUT2D eigenvalue weighted by molar-refractivity contribution is 8.18. The van der Waals surface area contributed by atoms with Gasteiger partial charge in [-0.2, -0.15) is 0 Å². The van der Waals surface area contributed by atoms with Gasteiger partial charge < -0.3 is 4.74 Å². The van der Waals surface area contributed by atoms with Crippen molar-refractivity contribution in [1.29, 1.82) is 0 Å². The lowest BCUT2D eigenvalue weighted by Crippen LogP contribution is -2.30. The molecule has 180 valence electrons. The fraction of sp³-hybridized carbons (Fsp3) is 0.214. The molecule has 0 radical (unpaired) electrons. The number of carbonyl (C=O) groups is 1. The van der Waals surface area contributed by atoms with E-state index in [-0.39, 0.29) is 5.91 Å². The lowest BCUT2D eigenvalue weighted by atomic mass is 10.2. The van der Waals surface area contributed by atoms with Crippen LogP contribution in [0.15, 0.2) is 76.6 Å². The number of benzene rings is 3. The van der Waals surface area contributed by atoms with Crippen molar-refractivity contribution in [2.24, 2.45) is 4.99 Å². The molecule has 3 aromatic rings. The summed E-state index contributed by atoms with van der Waals surface area (Å²) in [6.45, 7) is 5.21. The maximum Gasteiger partial charge on any atom is 0.266 e. The van der Waals surface area contributed by atoms with Gasteiger partial charge in [0.1, 0.15) is 12.4 Å². The zero-order valence-electron chi connectivity index (χ0n) is 19.6. The summed E-state index contributed by atoms with van der Waals surface area (Å²) in [6, 6.07) is 21.1. The molecule has 0 unspecified atom stereocenters. The topological polar surface area (TPSA) is 41.9 Å². The molecule has 1 saturated heterocycles. The van der Waals surface area contributed by atoms with E-state index in [0.29, 0.717) is 28.1 Å². The number of thioether (sulfide) groups is 1. The largest absolute Gasteiger partial charge is 0.489 e. The van der Waals surface area contributed by atoms with Gasteiger partial charge in [-0.3, -0.25) is 9.69 Å². The minimum atomic E-state index is -0.00532. The maximum absolute atomic E-state index is 13.2. The number of amides is 1. The van der Waals surface area contributed by atoms with Crippen LogP contribution in [0.2, 0.25) is 10.0 Å². The first kappa shape index (κ1) is 25.4. The Balaban J connectivity index is 1.47. The van der Waals surface area contributed by atoms with E-state index in [1.165, 1.54) is 17.3 Å². The van der Waals surface area contributed by atoms with E-state index < -0.39 is 0 Å². The van der Waals surface area contributed by atoms with Crippen LogP contribution in [0.4, 0.5) is 5.69 Å². The zero-order valence-corrected chi connectivity index (χ0v) is 22.0. The van der Waals surface area contributed by atoms with E-state index in [1.54, 1.807) is 17.0 Å². The summed E-state index contributed by atoms with van der Waals surface area (Å²) in [6.07, 6.45) is 3.85. The fourth-order valence-corrected chi connectivity index (χ4v) is 4.79. The normalized spacial score (nSPS) is 15.9. The van der Waals surface area contributed by atoms with Crippen LogP contribution in [-0.2, 0) is 11.4 Å². The zero-order chi connectivity index (χ0) is 24.8. The van der Waals surface area contributed by atoms with Crippen molar-refractivity contribution >= 4 is 57.8 Å². The third kappa shape index (κ3) is 6.69. The van der Waals surface area contributed by atoms with Gasteiger partial charge >= 0.3 is 0 Å². The van der Waals surface area contributed by atoms with Crippen LogP contribution in [0.25, 0.3) is 6.08 Å². The number of rotatable bonds is 8. The molecule has 3 aromatic carbocycles. The smallest absolute Gasteiger partial charge is 0.266 e. The van der Waals surface area contributed by atoms with Gasteiger partial charge in [0.25, 0.3) is 5.91 Å². The van der Waals surface area contributed by atoms with Gasteiger partial charge in [-0.15, -0.1) is 0 Å². The SMILES string of the molecule is CCCCN1C(=O)/C(=C\c2ccc(OCc3ccc(Cl)c(Cl)c3)cc2)SC1=Nc1ccc(C)cc1. The first-order valence-corrected chi connectivity index (χ1v) is 13.0. The summed E-state index contributed by atoms with van der Waals surface area (Å²) in [5.74, 6) is 0.726. The maximum atomic E-state index is 13.2. The molecule has 4 nitrogen and oxygen atoms in total. The molecular formula is C28H26Cl2N2O2S. The second-order valence-corrected chi connectivity index (χ2v) is 10.1. The Labute approximate surface area is 220 Å².